The van der Waals surface area contributed by atoms with Crippen molar-refractivity contribution in [2.24, 2.45) is 0 Å². The molecule has 0 unspecified atom stereocenters. The van der Waals surface area contributed by atoms with Gasteiger partial charge in [-0.2, -0.15) is 0 Å². The van der Waals surface area contributed by atoms with E-state index in [1.807, 2.05) is 12.1 Å². The number of hydrogen-bond acceptors (Lipinski definition) is 0. The average Bonchev–Trinajstić information content (AvgIpc) is 2.31. The molecule has 0 fully saturated rings. The maximum atomic E-state index is 3.64. The molecule has 0 radical (unpaired) electrons. The number of benzene rings is 2. The fourth-order valence-corrected chi connectivity index (χ4v) is 4.04. The molecule has 0 saturated carbocycles. The van der Waals surface area contributed by atoms with Crippen molar-refractivity contribution in [3.63, 3.8) is 0 Å². The molecule has 0 spiro atoms. The Labute approximate surface area is 111 Å². The Morgan fingerprint density at radius 3 is 2.06 bits per heavy atom. The first kappa shape index (κ1) is 11.7. The van der Waals surface area contributed by atoms with Crippen molar-refractivity contribution in [2.75, 3.05) is 0 Å². The summed E-state index contributed by atoms with van der Waals surface area (Å²) in [7, 11) is 0. The monoisotopic (exact) mass is 338 g/mol. The predicted octanol–water partition coefficient (Wildman–Crippen LogP) is 3.41. The van der Waals surface area contributed by atoms with Gasteiger partial charge in [0.2, 0.25) is 0 Å². The van der Waals surface area contributed by atoms with Gasteiger partial charge >= 0.3 is 111 Å². The van der Waals surface area contributed by atoms with Crippen LogP contribution in [0.5, 0.6) is 0 Å². The molecule has 0 aliphatic heterocycles. The average molecular weight is 338 g/mol. The zero-order chi connectivity index (χ0) is 11.2. The summed E-state index contributed by atoms with van der Waals surface area (Å²) in [6.07, 6.45) is 2.19. The first-order valence-corrected chi connectivity index (χ1v) is 7.50. The van der Waals surface area contributed by atoms with Crippen LogP contribution in [0.3, 0.4) is 0 Å². The maximum absolute atomic E-state index is 3.64. The molecule has 0 aliphatic rings. The molecule has 0 amide bonds. The number of hydrogen-bond donors (Lipinski definition) is 0. The molecule has 2 heteroatoms. The van der Waals surface area contributed by atoms with Crippen molar-refractivity contribution in [1.29, 1.82) is 0 Å². The molecule has 2 aromatic rings. The van der Waals surface area contributed by atoms with E-state index in [4.69, 9.17) is 0 Å². The van der Waals surface area contributed by atoms with Gasteiger partial charge in [0.15, 0.2) is 0 Å². The van der Waals surface area contributed by atoms with E-state index < -0.39 is 0 Å². The van der Waals surface area contributed by atoms with Gasteiger partial charge in [0.05, 0.1) is 0 Å². The van der Waals surface area contributed by atoms with Crippen molar-refractivity contribution in [3.05, 3.63) is 69.6 Å². The van der Waals surface area contributed by atoms with Gasteiger partial charge in [-0.05, 0) is 0 Å². The predicted molar refractivity (Wildman–Crippen MR) is 75.2 cm³/mol. The van der Waals surface area contributed by atoms with Gasteiger partial charge in [-0.3, -0.25) is 0 Å². The summed E-state index contributed by atoms with van der Waals surface area (Å²) in [6.45, 7) is 0. The van der Waals surface area contributed by atoms with Crippen LogP contribution in [0.4, 0.5) is 0 Å². The number of halogens is 1. The van der Waals surface area contributed by atoms with Crippen LogP contribution in [0.25, 0.3) is 6.08 Å². The molecule has 80 valence electrons. The van der Waals surface area contributed by atoms with Crippen molar-refractivity contribution >= 4 is 41.4 Å². The fraction of sp³-hybridized carbons (Fsp3) is 0. The zero-order valence-electron chi connectivity index (χ0n) is 8.64. The van der Waals surface area contributed by atoms with Gasteiger partial charge in [0.1, 0.15) is 0 Å². The van der Waals surface area contributed by atoms with Crippen LogP contribution in [0.2, 0.25) is 0 Å². The summed E-state index contributed by atoms with van der Waals surface area (Å²) in [5.74, 6) is 0. The van der Waals surface area contributed by atoms with Crippen LogP contribution < -0.4 is 4.46 Å². The summed E-state index contributed by atoms with van der Waals surface area (Å²) >= 11 is 4.00. The van der Waals surface area contributed by atoms with Crippen molar-refractivity contribution < 1.29 is 0 Å². The molecule has 0 aliphatic carbocycles. The third-order valence-corrected chi connectivity index (χ3v) is 4.83. The third-order valence-electron chi connectivity index (χ3n) is 2.04. The van der Waals surface area contributed by atoms with Crippen LogP contribution in [-0.2, 0) is 0 Å². The molecule has 0 bridgehead atoms. The minimum atomic E-state index is 0.358. The van der Waals surface area contributed by atoms with E-state index in [1.165, 1.54) is 13.4 Å². The standard InChI is InChI=1S/C14H11BrSe/c15-14(11-12-7-3-1-4-8-12)16-13-9-5-2-6-10-13/h1-11H. The Balaban J connectivity index is 2.09. The second kappa shape index (κ2) is 6.05. The Morgan fingerprint density at radius 1 is 0.875 bits per heavy atom. The Kier molecular flexibility index (Phi) is 4.41. The summed E-state index contributed by atoms with van der Waals surface area (Å²) in [5.41, 5.74) is 1.24. The second-order valence-electron chi connectivity index (χ2n) is 3.27. The van der Waals surface area contributed by atoms with Gasteiger partial charge < -0.3 is 0 Å². The quantitative estimate of drug-likeness (QED) is 0.753. The van der Waals surface area contributed by atoms with Crippen molar-refractivity contribution in [1.82, 2.24) is 0 Å². The fourth-order valence-electron chi connectivity index (χ4n) is 1.31. The Bertz CT molecular complexity index is 463. The third kappa shape index (κ3) is 3.64. The SMILES string of the molecule is BrC(=Cc1ccccc1)[Se]c1ccccc1. The van der Waals surface area contributed by atoms with Gasteiger partial charge in [0, 0.05) is 0 Å². The van der Waals surface area contributed by atoms with E-state index in [-0.39, 0.29) is 0 Å². The first-order valence-electron chi connectivity index (χ1n) is 5.00. The van der Waals surface area contributed by atoms with Gasteiger partial charge in [0.25, 0.3) is 0 Å². The van der Waals surface area contributed by atoms with Gasteiger partial charge in [-0.25, -0.2) is 0 Å². The van der Waals surface area contributed by atoms with Crippen LogP contribution in [0.1, 0.15) is 5.56 Å². The second-order valence-corrected chi connectivity index (χ2v) is 7.65. The Morgan fingerprint density at radius 2 is 1.44 bits per heavy atom. The summed E-state index contributed by atoms with van der Waals surface area (Å²) in [6, 6.07) is 20.9. The molecule has 0 saturated heterocycles. The van der Waals surface area contributed by atoms with E-state index in [0.29, 0.717) is 15.0 Å². The van der Waals surface area contributed by atoms with Gasteiger partial charge in [-0.15, -0.1) is 0 Å². The molecule has 2 aromatic carbocycles. The van der Waals surface area contributed by atoms with Crippen LogP contribution in [-0.4, -0.2) is 15.0 Å². The van der Waals surface area contributed by atoms with Crippen molar-refractivity contribution in [3.8, 4) is 0 Å². The summed E-state index contributed by atoms with van der Waals surface area (Å²) < 4.78 is 2.64. The van der Waals surface area contributed by atoms with E-state index >= 15 is 0 Å². The molecule has 0 N–H and O–H groups in total. The molecule has 0 heterocycles. The van der Waals surface area contributed by atoms with Crippen molar-refractivity contribution in [2.45, 2.75) is 0 Å². The zero-order valence-corrected chi connectivity index (χ0v) is 11.9. The van der Waals surface area contributed by atoms with E-state index in [2.05, 4.69) is 70.5 Å². The summed E-state index contributed by atoms with van der Waals surface area (Å²) in [5, 5.41) is 0. The topological polar surface area (TPSA) is 0 Å². The van der Waals surface area contributed by atoms with Crippen LogP contribution >= 0.6 is 15.9 Å². The molecule has 16 heavy (non-hydrogen) atoms. The first-order chi connectivity index (χ1) is 7.84. The van der Waals surface area contributed by atoms with E-state index in [0.717, 1.165) is 0 Å². The van der Waals surface area contributed by atoms with E-state index in [9.17, 15) is 0 Å². The molecular weight excluding hydrogens is 327 g/mol. The number of rotatable bonds is 3. The molecule has 0 atom stereocenters. The van der Waals surface area contributed by atoms with Crippen LogP contribution in [0.15, 0.2) is 64.0 Å². The Hall–Kier alpha value is -0.821. The molecule has 0 nitrogen and oxygen atoms in total. The van der Waals surface area contributed by atoms with Crippen LogP contribution in [0, 0.1) is 0 Å². The van der Waals surface area contributed by atoms with E-state index in [1.54, 1.807) is 0 Å². The summed E-state index contributed by atoms with van der Waals surface area (Å²) in [4.78, 5) is 0. The molecule has 0 aromatic heterocycles. The normalized spacial score (nSPS) is 11.4. The van der Waals surface area contributed by atoms with Gasteiger partial charge in [-0.1, -0.05) is 0 Å². The minimum absolute atomic E-state index is 0.358. The molecule has 2 rings (SSSR count). The molecular formula is C14H11BrSe.